The van der Waals surface area contributed by atoms with E-state index in [1.165, 1.54) is 18.2 Å². The zero-order valence-electron chi connectivity index (χ0n) is 10.8. The van der Waals surface area contributed by atoms with E-state index in [9.17, 15) is 19.2 Å². The van der Waals surface area contributed by atoms with Crippen LogP contribution in [-0.2, 0) is 9.59 Å². The van der Waals surface area contributed by atoms with Crippen molar-refractivity contribution in [1.82, 2.24) is 0 Å². The standard InChI is InChI=1S/C13H8N2O7/c16-4-6-5-22-9-2-1-7(3-8(9)11(6)17)14-15-10(12(18)19)13(20)21/h1-5,10H,(H,18,19)(H,20,21). The summed E-state index contributed by atoms with van der Waals surface area (Å²) in [5.41, 5.74) is -0.519. The molecule has 0 fully saturated rings. The second-order valence-corrected chi connectivity index (χ2v) is 4.11. The third kappa shape index (κ3) is 2.87. The molecule has 0 unspecified atom stereocenters. The summed E-state index contributed by atoms with van der Waals surface area (Å²) in [6, 6.07) is 1.90. The highest BCUT2D eigenvalue weighted by molar-refractivity contribution is 5.97. The van der Waals surface area contributed by atoms with Gasteiger partial charge in [-0.1, -0.05) is 0 Å². The lowest BCUT2D eigenvalue weighted by Crippen LogP contribution is -2.27. The SMILES string of the molecule is O=Cc1coc2ccc(N=NC(C(=O)O)C(=O)O)cc2c1=O. The molecular formula is C13H8N2O7. The van der Waals surface area contributed by atoms with E-state index >= 15 is 0 Å². The average molecular weight is 304 g/mol. The van der Waals surface area contributed by atoms with Crippen LogP contribution in [0.2, 0.25) is 0 Å². The molecule has 1 heterocycles. The summed E-state index contributed by atoms with van der Waals surface area (Å²) in [6.45, 7) is 0. The number of aldehydes is 1. The van der Waals surface area contributed by atoms with Gasteiger partial charge in [-0.05, 0) is 18.2 Å². The fourth-order valence-electron chi connectivity index (χ4n) is 1.61. The Bertz CT molecular complexity index is 839. The van der Waals surface area contributed by atoms with Gasteiger partial charge in [0.1, 0.15) is 11.8 Å². The van der Waals surface area contributed by atoms with Gasteiger partial charge in [-0.3, -0.25) is 9.59 Å². The number of rotatable bonds is 5. The van der Waals surface area contributed by atoms with Crippen molar-refractivity contribution >= 4 is 34.9 Å². The molecule has 0 spiro atoms. The summed E-state index contributed by atoms with van der Waals surface area (Å²) in [7, 11) is 0. The summed E-state index contributed by atoms with van der Waals surface area (Å²) < 4.78 is 5.08. The van der Waals surface area contributed by atoms with E-state index in [-0.39, 0.29) is 22.2 Å². The van der Waals surface area contributed by atoms with E-state index in [1.807, 2.05) is 0 Å². The largest absolute Gasteiger partial charge is 0.479 e. The van der Waals surface area contributed by atoms with E-state index in [1.54, 1.807) is 0 Å². The molecular weight excluding hydrogens is 296 g/mol. The van der Waals surface area contributed by atoms with Crippen LogP contribution in [0, 0.1) is 0 Å². The summed E-state index contributed by atoms with van der Waals surface area (Å²) in [5, 5.41) is 24.1. The topological polar surface area (TPSA) is 147 Å². The molecule has 0 aliphatic rings. The lowest BCUT2D eigenvalue weighted by atomic mass is 10.1. The molecule has 0 saturated heterocycles. The van der Waals surface area contributed by atoms with Gasteiger partial charge in [0.05, 0.1) is 16.6 Å². The second kappa shape index (κ2) is 5.95. The number of azo groups is 1. The third-order valence-corrected chi connectivity index (χ3v) is 2.67. The van der Waals surface area contributed by atoms with Crippen molar-refractivity contribution in [3.8, 4) is 0 Å². The van der Waals surface area contributed by atoms with Crippen molar-refractivity contribution in [2.75, 3.05) is 0 Å². The van der Waals surface area contributed by atoms with Gasteiger partial charge in [0.2, 0.25) is 5.43 Å². The first-order chi connectivity index (χ1) is 10.4. The molecule has 2 rings (SSSR count). The van der Waals surface area contributed by atoms with Crippen LogP contribution >= 0.6 is 0 Å². The Morgan fingerprint density at radius 1 is 1.23 bits per heavy atom. The Morgan fingerprint density at radius 3 is 2.50 bits per heavy atom. The van der Waals surface area contributed by atoms with Gasteiger partial charge in [0, 0.05) is 0 Å². The van der Waals surface area contributed by atoms with Crippen molar-refractivity contribution in [2.45, 2.75) is 6.04 Å². The van der Waals surface area contributed by atoms with Crippen LogP contribution in [0.1, 0.15) is 10.4 Å². The Labute approximate surface area is 121 Å². The number of carboxylic acid groups (broad SMARTS) is 2. The van der Waals surface area contributed by atoms with Gasteiger partial charge in [0.25, 0.3) is 6.04 Å². The molecule has 0 aliphatic heterocycles. The fraction of sp³-hybridized carbons (Fsp3) is 0.0769. The monoisotopic (exact) mass is 304 g/mol. The Hall–Kier alpha value is -3.36. The molecule has 9 heteroatoms. The third-order valence-electron chi connectivity index (χ3n) is 2.67. The van der Waals surface area contributed by atoms with Gasteiger partial charge >= 0.3 is 11.9 Å². The Balaban J connectivity index is 2.47. The minimum absolute atomic E-state index is 0.0447. The molecule has 0 atom stereocenters. The number of carbonyl (C=O) groups excluding carboxylic acids is 1. The van der Waals surface area contributed by atoms with Gasteiger partial charge in [-0.2, -0.15) is 10.2 Å². The lowest BCUT2D eigenvalue weighted by Gasteiger charge is -2.00. The molecule has 112 valence electrons. The zero-order chi connectivity index (χ0) is 16.3. The molecule has 2 N–H and O–H groups in total. The summed E-state index contributed by atoms with van der Waals surface area (Å²) in [4.78, 5) is 44.0. The maximum atomic E-state index is 11.9. The van der Waals surface area contributed by atoms with E-state index in [4.69, 9.17) is 14.6 Å². The number of benzene rings is 1. The molecule has 0 saturated carbocycles. The number of carboxylic acids is 2. The fourth-order valence-corrected chi connectivity index (χ4v) is 1.61. The molecule has 9 nitrogen and oxygen atoms in total. The van der Waals surface area contributed by atoms with Crippen molar-refractivity contribution in [3.63, 3.8) is 0 Å². The van der Waals surface area contributed by atoms with E-state index in [2.05, 4.69) is 10.2 Å². The first-order valence-electron chi connectivity index (χ1n) is 5.81. The van der Waals surface area contributed by atoms with Crippen molar-refractivity contribution in [2.24, 2.45) is 10.2 Å². The van der Waals surface area contributed by atoms with Gasteiger partial charge in [0.15, 0.2) is 6.29 Å². The second-order valence-electron chi connectivity index (χ2n) is 4.11. The number of aliphatic carboxylic acids is 2. The lowest BCUT2D eigenvalue weighted by molar-refractivity contribution is -0.149. The van der Waals surface area contributed by atoms with Crippen LogP contribution in [0.4, 0.5) is 5.69 Å². The molecule has 0 aliphatic carbocycles. The number of nitrogens with zero attached hydrogens (tertiary/aromatic N) is 2. The molecule has 0 amide bonds. The highest BCUT2D eigenvalue weighted by atomic mass is 16.4. The number of hydrogen-bond donors (Lipinski definition) is 2. The molecule has 1 aromatic heterocycles. The smallest absolute Gasteiger partial charge is 0.342 e. The van der Waals surface area contributed by atoms with Crippen LogP contribution in [-0.4, -0.2) is 34.5 Å². The van der Waals surface area contributed by atoms with E-state index in [0.717, 1.165) is 6.26 Å². The van der Waals surface area contributed by atoms with Crippen LogP contribution in [0.25, 0.3) is 11.0 Å². The highest BCUT2D eigenvalue weighted by Crippen LogP contribution is 2.20. The van der Waals surface area contributed by atoms with Gasteiger partial charge in [-0.15, -0.1) is 0 Å². The normalized spacial score (nSPS) is 11.1. The highest BCUT2D eigenvalue weighted by Gasteiger charge is 2.25. The average Bonchev–Trinajstić information content (AvgIpc) is 2.47. The summed E-state index contributed by atoms with van der Waals surface area (Å²) in [5.74, 6) is -3.33. The van der Waals surface area contributed by atoms with Gasteiger partial charge in [-0.25, -0.2) is 9.59 Å². The molecule has 22 heavy (non-hydrogen) atoms. The number of hydrogen-bond acceptors (Lipinski definition) is 7. The molecule has 0 bridgehead atoms. The minimum atomic E-state index is -2.05. The van der Waals surface area contributed by atoms with Crippen molar-refractivity contribution < 1.29 is 29.0 Å². The van der Waals surface area contributed by atoms with Crippen LogP contribution < -0.4 is 5.43 Å². The van der Waals surface area contributed by atoms with Crippen LogP contribution in [0.3, 0.4) is 0 Å². The van der Waals surface area contributed by atoms with Gasteiger partial charge < -0.3 is 14.6 Å². The summed E-state index contributed by atoms with van der Waals surface area (Å²) >= 11 is 0. The molecule has 2 aromatic rings. The van der Waals surface area contributed by atoms with Crippen LogP contribution in [0.5, 0.6) is 0 Å². The van der Waals surface area contributed by atoms with E-state index in [0.29, 0.717) is 6.29 Å². The maximum Gasteiger partial charge on any atom is 0.342 e. The zero-order valence-corrected chi connectivity index (χ0v) is 10.8. The first kappa shape index (κ1) is 15.0. The summed E-state index contributed by atoms with van der Waals surface area (Å²) in [6.07, 6.45) is 1.36. The minimum Gasteiger partial charge on any atom is -0.479 e. The first-order valence-corrected chi connectivity index (χ1v) is 5.81. The van der Waals surface area contributed by atoms with Crippen molar-refractivity contribution in [3.05, 3.63) is 40.2 Å². The predicted octanol–water partition coefficient (Wildman–Crippen LogP) is 1.23. The maximum absolute atomic E-state index is 11.9. The van der Waals surface area contributed by atoms with Crippen LogP contribution in [0.15, 0.2) is 43.9 Å². The Morgan fingerprint density at radius 2 is 1.91 bits per heavy atom. The number of fused-ring (bicyclic) bond motifs is 1. The molecule has 1 aromatic carbocycles. The number of carbonyl (C=O) groups is 3. The quantitative estimate of drug-likeness (QED) is 0.479. The predicted molar refractivity (Wildman–Crippen MR) is 71.4 cm³/mol. The van der Waals surface area contributed by atoms with E-state index < -0.39 is 23.4 Å². The Kier molecular flexibility index (Phi) is 4.07. The van der Waals surface area contributed by atoms with Crippen molar-refractivity contribution in [1.29, 1.82) is 0 Å². The molecule has 0 radical (unpaired) electrons.